The zero-order chi connectivity index (χ0) is 13.8. The van der Waals surface area contributed by atoms with E-state index in [9.17, 15) is 13.6 Å². The fourth-order valence-electron chi connectivity index (χ4n) is 2.51. The van der Waals surface area contributed by atoms with E-state index in [-0.39, 0.29) is 17.3 Å². The summed E-state index contributed by atoms with van der Waals surface area (Å²) in [5.41, 5.74) is 5.11. The summed E-state index contributed by atoms with van der Waals surface area (Å²) in [6.07, 6.45) is 5.99. The molecule has 1 fully saturated rings. The van der Waals surface area contributed by atoms with Crippen molar-refractivity contribution in [2.24, 2.45) is 5.92 Å². The molecule has 0 spiro atoms. The van der Waals surface area contributed by atoms with Crippen molar-refractivity contribution in [3.05, 3.63) is 23.8 Å². The van der Waals surface area contributed by atoms with Gasteiger partial charge in [-0.1, -0.05) is 25.7 Å². The zero-order valence-corrected chi connectivity index (χ0v) is 10.7. The van der Waals surface area contributed by atoms with Crippen molar-refractivity contribution in [1.29, 1.82) is 0 Å². The molecule has 0 aromatic heterocycles. The van der Waals surface area contributed by atoms with Gasteiger partial charge in [-0.05, 0) is 18.4 Å². The van der Waals surface area contributed by atoms with Gasteiger partial charge < -0.3 is 11.1 Å². The summed E-state index contributed by atoms with van der Waals surface area (Å²) in [5, 5.41) is 2.44. The van der Waals surface area contributed by atoms with E-state index in [1.165, 1.54) is 25.7 Å². The Bertz CT molecular complexity index is 471. The number of anilines is 2. The average molecular weight is 268 g/mol. The number of carbonyl (C=O) groups is 1. The molecule has 0 saturated heterocycles. The second-order valence-electron chi connectivity index (χ2n) is 5.09. The number of rotatable bonds is 4. The van der Waals surface area contributed by atoms with E-state index in [0.29, 0.717) is 18.4 Å². The Hall–Kier alpha value is -1.65. The fraction of sp³-hybridized carbons (Fsp3) is 0.500. The molecule has 3 N–H and O–H groups in total. The first-order chi connectivity index (χ1) is 9.06. The Balaban J connectivity index is 1.89. The van der Waals surface area contributed by atoms with Gasteiger partial charge >= 0.3 is 0 Å². The Morgan fingerprint density at radius 3 is 2.63 bits per heavy atom. The van der Waals surface area contributed by atoms with Gasteiger partial charge in [-0.15, -0.1) is 0 Å². The summed E-state index contributed by atoms with van der Waals surface area (Å²) >= 11 is 0. The van der Waals surface area contributed by atoms with Gasteiger partial charge in [0.25, 0.3) is 0 Å². The highest BCUT2D eigenvalue weighted by atomic mass is 19.1. The topological polar surface area (TPSA) is 55.1 Å². The van der Waals surface area contributed by atoms with Crippen molar-refractivity contribution < 1.29 is 13.6 Å². The highest BCUT2D eigenvalue weighted by molar-refractivity contribution is 5.91. The first kappa shape index (κ1) is 13.8. The van der Waals surface area contributed by atoms with Crippen LogP contribution < -0.4 is 11.1 Å². The normalized spacial score (nSPS) is 15.7. The van der Waals surface area contributed by atoms with Crippen LogP contribution in [-0.2, 0) is 4.79 Å². The second kappa shape index (κ2) is 5.99. The maximum atomic E-state index is 13.4. The fourth-order valence-corrected chi connectivity index (χ4v) is 2.51. The summed E-state index contributed by atoms with van der Waals surface area (Å²) < 4.78 is 26.4. The monoisotopic (exact) mass is 268 g/mol. The van der Waals surface area contributed by atoms with Crippen molar-refractivity contribution in [2.75, 3.05) is 11.1 Å². The lowest BCUT2D eigenvalue weighted by atomic mass is 10.0. The number of benzene rings is 1. The van der Waals surface area contributed by atoms with Crippen LogP contribution in [0.4, 0.5) is 20.2 Å². The zero-order valence-electron chi connectivity index (χ0n) is 10.7. The summed E-state index contributed by atoms with van der Waals surface area (Å²) in [6, 6.07) is 1.79. The number of hydrogen-bond acceptors (Lipinski definition) is 2. The van der Waals surface area contributed by atoms with E-state index in [0.717, 1.165) is 12.5 Å². The molecule has 3 nitrogen and oxygen atoms in total. The maximum Gasteiger partial charge on any atom is 0.224 e. The molecule has 1 amide bonds. The van der Waals surface area contributed by atoms with E-state index in [4.69, 9.17) is 5.73 Å². The molecule has 5 heteroatoms. The highest BCUT2D eigenvalue weighted by Crippen LogP contribution is 2.28. The molecule has 1 aliphatic rings. The number of amides is 1. The first-order valence-electron chi connectivity index (χ1n) is 6.60. The molecule has 1 aromatic carbocycles. The molecule has 19 heavy (non-hydrogen) atoms. The predicted molar refractivity (Wildman–Crippen MR) is 70.6 cm³/mol. The Labute approximate surface area is 111 Å². The molecule has 0 unspecified atom stereocenters. The second-order valence-corrected chi connectivity index (χ2v) is 5.09. The molecule has 0 radical (unpaired) electrons. The van der Waals surface area contributed by atoms with Gasteiger partial charge in [0.05, 0.1) is 11.4 Å². The van der Waals surface area contributed by atoms with Gasteiger partial charge in [0, 0.05) is 12.5 Å². The summed E-state index contributed by atoms with van der Waals surface area (Å²) in [7, 11) is 0. The van der Waals surface area contributed by atoms with Crippen molar-refractivity contribution in [3.8, 4) is 0 Å². The van der Waals surface area contributed by atoms with Crippen LogP contribution in [0.5, 0.6) is 0 Å². The molecule has 1 aliphatic carbocycles. The number of hydrogen-bond donors (Lipinski definition) is 2. The summed E-state index contributed by atoms with van der Waals surface area (Å²) in [4.78, 5) is 11.7. The largest absolute Gasteiger partial charge is 0.396 e. The van der Waals surface area contributed by atoms with Crippen LogP contribution in [0.1, 0.15) is 38.5 Å². The minimum atomic E-state index is -0.818. The van der Waals surface area contributed by atoms with Crippen LogP contribution >= 0.6 is 0 Å². The van der Waals surface area contributed by atoms with Crippen LogP contribution in [0.25, 0.3) is 0 Å². The van der Waals surface area contributed by atoms with Crippen molar-refractivity contribution in [3.63, 3.8) is 0 Å². The molecule has 2 rings (SSSR count). The first-order valence-corrected chi connectivity index (χ1v) is 6.60. The Kier molecular flexibility index (Phi) is 4.35. The third-order valence-corrected chi connectivity index (χ3v) is 3.61. The van der Waals surface area contributed by atoms with Crippen LogP contribution in [0.2, 0.25) is 0 Å². The lowest BCUT2D eigenvalue weighted by Crippen LogP contribution is -2.14. The minimum absolute atomic E-state index is 0.0599. The molecule has 0 aliphatic heterocycles. The van der Waals surface area contributed by atoms with Crippen LogP contribution in [-0.4, -0.2) is 5.91 Å². The SMILES string of the molecule is Nc1cc(NC(=O)CCC2CCCC2)c(F)cc1F. The van der Waals surface area contributed by atoms with Crippen molar-refractivity contribution in [2.45, 2.75) is 38.5 Å². The number of nitrogen functional groups attached to an aromatic ring is 1. The van der Waals surface area contributed by atoms with E-state index >= 15 is 0 Å². The number of halogens is 2. The van der Waals surface area contributed by atoms with Crippen molar-refractivity contribution in [1.82, 2.24) is 0 Å². The minimum Gasteiger partial charge on any atom is -0.396 e. The van der Waals surface area contributed by atoms with Gasteiger partial charge in [-0.2, -0.15) is 0 Å². The average Bonchev–Trinajstić information content (AvgIpc) is 2.86. The Morgan fingerprint density at radius 1 is 1.26 bits per heavy atom. The smallest absolute Gasteiger partial charge is 0.224 e. The van der Waals surface area contributed by atoms with Gasteiger partial charge in [0.15, 0.2) is 0 Å². The third kappa shape index (κ3) is 3.66. The lowest BCUT2D eigenvalue weighted by molar-refractivity contribution is -0.116. The van der Waals surface area contributed by atoms with Crippen LogP contribution in [0.15, 0.2) is 12.1 Å². The molecular formula is C14H18F2N2O. The van der Waals surface area contributed by atoms with E-state index in [2.05, 4.69) is 5.32 Å². The van der Waals surface area contributed by atoms with Gasteiger partial charge in [-0.25, -0.2) is 8.78 Å². The lowest BCUT2D eigenvalue weighted by Gasteiger charge is -2.10. The molecular weight excluding hydrogens is 250 g/mol. The summed E-state index contributed by atoms with van der Waals surface area (Å²) in [5.74, 6) is -1.27. The quantitative estimate of drug-likeness (QED) is 0.822. The van der Waals surface area contributed by atoms with E-state index in [1.54, 1.807) is 0 Å². The molecule has 104 valence electrons. The molecule has 1 aromatic rings. The molecule has 0 heterocycles. The maximum absolute atomic E-state index is 13.4. The Morgan fingerprint density at radius 2 is 1.95 bits per heavy atom. The third-order valence-electron chi connectivity index (χ3n) is 3.61. The summed E-state index contributed by atoms with van der Waals surface area (Å²) in [6.45, 7) is 0. The highest BCUT2D eigenvalue weighted by Gasteiger charge is 2.17. The van der Waals surface area contributed by atoms with Crippen LogP contribution in [0.3, 0.4) is 0 Å². The number of nitrogens with two attached hydrogens (primary N) is 1. The molecule has 0 bridgehead atoms. The standard InChI is InChI=1S/C14H18F2N2O/c15-10-7-11(16)13(8-12(10)17)18-14(19)6-5-9-3-1-2-4-9/h7-9H,1-6,17H2,(H,18,19). The number of nitrogens with one attached hydrogen (secondary N) is 1. The molecule has 1 saturated carbocycles. The van der Waals surface area contributed by atoms with Crippen molar-refractivity contribution >= 4 is 17.3 Å². The van der Waals surface area contributed by atoms with E-state index in [1.807, 2.05) is 0 Å². The van der Waals surface area contributed by atoms with Gasteiger partial charge in [0.1, 0.15) is 11.6 Å². The van der Waals surface area contributed by atoms with E-state index < -0.39 is 11.6 Å². The predicted octanol–water partition coefficient (Wildman–Crippen LogP) is 3.46. The molecule has 0 atom stereocenters. The van der Waals surface area contributed by atoms with Gasteiger partial charge in [0.2, 0.25) is 5.91 Å². The number of carbonyl (C=O) groups excluding carboxylic acids is 1. The van der Waals surface area contributed by atoms with Crippen LogP contribution in [0, 0.1) is 17.6 Å². The van der Waals surface area contributed by atoms with Gasteiger partial charge in [-0.3, -0.25) is 4.79 Å².